The Morgan fingerprint density at radius 3 is 2.42 bits per heavy atom. The number of pyridine rings is 1. The maximum absolute atomic E-state index is 12.3. The molecule has 5 heteroatoms. The second-order valence-electron chi connectivity index (χ2n) is 6.61. The molecule has 1 aliphatic carbocycles. The van der Waals surface area contributed by atoms with Crippen molar-refractivity contribution < 1.29 is 4.79 Å². The highest BCUT2D eigenvalue weighted by atomic mass is 16.2. The number of amides is 2. The molecule has 1 atom stereocenters. The Bertz CT molecular complexity index is 693. The Labute approximate surface area is 142 Å². The van der Waals surface area contributed by atoms with Crippen molar-refractivity contribution in [1.82, 2.24) is 15.6 Å². The molecule has 2 N–H and O–H groups in total. The largest absolute Gasteiger partial charge is 0.354 e. The summed E-state index contributed by atoms with van der Waals surface area (Å²) in [5.41, 5.74) is 2.70. The molecular formula is C19H22N4O. The lowest BCUT2D eigenvalue weighted by atomic mass is 10.1. The van der Waals surface area contributed by atoms with E-state index in [1.807, 2.05) is 18.2 Å². The molecule has 5 nitrogen and oxygen atoms in total. The van der Waals surface area contributed by atoms with E-state index in [0.717, 1.165) is 38.2 Å². The number of benzene rings is 1. The van der Waals surface area contributed by atoms with Gasteiger partial charge in [0.2, 0.25) is 0 Å². The van der Waals surface area contributed by atoms with Crippen molar-refractivity contribution in [2.45, 2.75) is 31.3 Å². The van der Waals surface area contributed by atoms with Crippen LogP contribution in [0, 0.1) is 0 Å². The molecule has 2 aliphatic rings. The lowest BCUT2D eigenvalue weighted by molar-refractivity contribution is 0.234. The number of urea groups is 1. The summed E-state index contributed by atoms with van der Waals surface area (Å²) in [5.74, 6) is 0.980. The summed E-state index contributed by atoms with van der Waals surface area (Å²) in [6.45, 7) is 1.74. The van der Waals surface area contributed by atoms with Crippen LogP contribution in [0.4, 0.5) is 10.6 Å². The number of hydrogen-bond donors (Lipinski definition) is 2. The molecule has 0 spiro atoms. The van der Waals surface area contributed by atoms with Crippen LogP contribution in [0.1, 0.15) is 17.5 Å². The van der Waals surface area contributed by atoms with Crippen molar-refractivity contribution in [3.8, 4) is 0 Å². The quantitative estimate of drug-likeness (QED) is 0.910. The standard InChI is InChI=1S/C19H22N4O/c24-19(22-17-11-14-5-1-2-6-15(14)12-17)21-16-8-10-23(13-16)18-7-3-4-9-20-18/h1-7,9,16-17H,8,10-13H2,(H2,21,22,24)/t16-/m1/s1. The third kappa shape index (κ3) is 3.20. The number of nitrogens with zero attached hydrogens (tertiary/aromatic N) is 2. The Morgan fingerprint density at radius 2 is 1.71 bits per heavy atom. The van der Waals surface area contributed by atoms with Crippen molar-refractivity contribution in [2.24, 2.45) is 0 Å². The van der Waals surface area contributed by atoms with Gasteiger partial charge in [-0.2, -0.15) is 0 Å². The molecule has 0 bridgehead atoms. The third-order valence-electron chi connectivity index (χ3n) is 4.88. The van der Waals surface area contributed by atoms with Crippen LogP contribution in [0.2, 0.25) is 0 Å². The minimum atomic E-state index is -0.0549. The van der Waals surface area contributed by atoms with Crippen LogP contribution in [0.5, 0.6) is 0 Å². The van der Waals surface area contributed by atoms with Crippen molar-refractivity contribution in [3.05, 3.63) is 59.8 Å². The molecule has 124 valence electrons. The zero-order valence-corrected chi connectivity index (χ0v) is 13.6. The molecule has 2 amide bonds. The van der Waals surface area contributed by atoms with E-state index in [-0.39, 0.29) is 18.1 Å². The van der Waals surface area contributed by atoms with Crippen LogP contribution >= 0.6 is 0 Å². The molecular weight excluding hydrogens is 300 g/mol. The second-order valence-corrected chi connectivity index (χ2v) is 6.61. The maximum atomic E-state index is 12.3. The van der Waals surface area contributed by atoms with Crippen LogP contribution in [-0.4, -0.2) is 36.2 Å². The third-order valence-corrected chi connectivity index (χ3v) is 4.88. The fraction of sp³-hybridized carbons (Fsp3) is 0.368. The minimum absolute atomic E-state index is 0.0549. The molecule has 2 aromatic rings. The van der Waals surface area contributed by atoms with Crippen molar-refractivity contribution in [3.63, 3.8) is 0 Å². The molecule has 4 rings (SSSR count). The molecule has 1 saturated heterocycles. The monoisotopic (exact) mass is 322 g/mol. The minimum Gasteiger partial charge on any atom is -0.354 e. The molecule has 1 aromatic carbocycles. The lowest BCUT2D eigenvalue weighted by Crippen LogP contribution is -2.47. The van der Waals surface area contributed by atoms with E-state index >= 15 is 0 Å². The van der Waals surface area contributed by atoms with Crippen LogP contribution in [0.25, 0.3) is 0 Å². The molecule has 0 unspecified atom stereocenters. The number of carbonyl (C=O) groups is 1. The summed E-state index contributed by atoms with van der Waals surface area (Å²) in [5, 5.41) is 6.24. The van der Waals surface area contributed by atoms with Gasteiger partial charge in [-0.15, -0.1) is 0 Å². The van der Waals surface area contributed by atoms with Crippen LogP contribution in [-0.2, 0) is 12.8 Å². The van der Waals surface area contributed by atoms with Crippen molar-refractivity contribution in [2.75, 3.05) is 18.0 Å². The normalized spacial score (nSPS) is 20.0. The predicted molar refractivity (Wildman–Crippen MR) is 94.2 cm³/mol. The van der Waals surface area contributed by atoms with Gasteiger partial charge in [0.25, 0.3) is 0 Å². The smallest absolute Gasteiger partial charge is 0.315 e. The van der Waals surface area contributed by atoms with E-state index in [0.29, 0.717) is 0 Å². The molecule has 2 heterocycles. The molecule has 1 aliphatic heterocycles. The molecule has 0 radical (unpaired) electrons. The highest BCUT2D eigenvalue weighted by Gasteiger charge is 2.27. The molecule has 1 aromatic heterocycles. The summed E-state index contributed by atoms with van der Waals surface area (Å²) in [6, 6.07) is 14.7. The lowest BCUT2D eigenvalue weighted by Gasteiger charge is -2.19. The summed E-state index contributed by atoms with van der Waals surface area (Å²) in [6.07, 6.45) is 4.61. The van der Waals surface area contributed by atoms with Gasteiger partial charge < -0.3 is 15.5 Å². The summed E-state index contributed by atoms with van der Waals surface area (Å²) in [7, 11) is 0. The summed E-state index contributed by atoms with van der Waals surface area (Å²) >= 11 is 0. The summed E-state index contributed by atoms with van der Waals surface area (Å²) in [4.78, 5) is 18.9. The topological polar surface area (TPSA) is 57.3 Å². The predicted octanol–water partition coefficient (Wildman–Crippen LogP) is 2.13. The number of hydrogen-bond acceptors (Lipinski definition) is 3. The first-order valence-corrected chi connectivity index (χ1v) is 8.58. The van der Waals surface area contributed by atoms with Gasteiger partial charge in [0.15, 0.2) is 0 Å². The van der Waals surface area contributed by atoms with Crippen LogP contribution in [0.15, 0.2) is 48.7 Å². The fourth-order valence-electron chi connectivity index (χ4n) is 3.70. The average Bonchev–Trinajstić information content (AvgIpc) is 3.21. The Morgan fingerprint density at radius 1 is 1.00 bits per heavy atom. The van der Waals surface area contributed by atoms with E-state index in [4.69, 9.17) is 0 Å². The Hall–Kier alpha value is -2.56. The first-order valence-electron chi connectivity index (χ1n) is 8.58. The number of aromatic nitrogens is 1. The van der Waals surface area contributed by atoms with E-state index in [1.54, 1.807) is 6.20 Å². The zero-order valence-electron chi connectivity index (χ0n) is 13.6. The van der Waals surface area contributed by atoms with Crippen molar-refractivity contribution >= 4 is 11.8 Å². The Balaban J connectivity index is 1.27. The number of fused-ring (bicyclic) bond motifs is 1. The number of anilines is 1. The van der Waals surface area contributed by atoms with Gasteiger partial charge in [0.05, 0.1) is 0 Å². The van der Waals surface area contributed by atoms with Gasteiger partial charge in [-0.05, 0) is 42.5 Å². The number of carbonyl (C=O) groups excluding carboxylic acids is 1. The highest BCUT2D eigenvalue weighted by Crippen LogP contribution is 2.22. The van der Waals surface area contributed by atoms with E-state index in [1.165, 1.54) is 11.1 Å². The van der Waals surface area contributed by atoms with Gasteiger partial charge in [-0.1, -0.05) is 30.3 Å². The second kappa shape index (κ2) is 6.51. The first-order chi connectivity index (χ1) is 11.8. The van der Waals surface area contributed by atoms with Crippen molar-refractivity contribution in [1.29, 1.82) is 0 Å². The van der Waals surface area contributed by atoms with Crippen LogP contribution in [0.3, 0.4) is 0 Å². The maximum Gasteiger partial charge on any atom is 0.315 e. The number of nitrogens with one attached hydrogen (secondary N) is 2. The zero-order chi connectivity index (χ0) is 16.4. The summed E-state index contributed by atoms with van der Waals surface area (Å²) < 4.78 is 0. The Kier molecular flexibility index (Phi) is 4.07. The van der Waals surface area contributed by atoms with Gasteiger partial charge in [-0.3, -0.25) is 0 Å². The molecule has 1 fully saturated rings. The molecule has 0 saturated carbocycles. The van der Waals surface area contributed by atoms with Gasteiger partial charge in [0, 0.05) is 31.4 Å². The fourth-order valence-corrected chi connectivity index (χ4v) is 3.70. The highest BCUT2D eigenvalue weighted by molar-refractivity contribution is 5.75. The van der Waals surface area contributed by atoms with E-state index in [2.05, 4.69) is 44.8 Å². The SMILES string of the molecule is O=C(NC1Cc2ccccc2C1)N[C@@H]1CCN(c2ccccn2)C1. The van der Waals surface area contributed by atoms with Gasteiger partial charge in [-0.25, -0.2) is 9.78 Å². The average molecular weight is 322 g/mol. The van der Waals surface area contributed by atoms with Gasteiger partial charge >= 0.3 is 6.03 Å². The van der Waals surface area contributed by atoms with E-state index < -0.39 is 0 Å². The molecule has 24 heavy (non-hydrogen) atoms. The van der Waals surface area contributed by atoms with E-state index in [9.17, 15) is 4.79 Å². The first kappa shape index (κ1) is 15.0. The van der Waals surface area contributed by atoms with Gasteiger partial charge in [0.1, 0.15) is 5.82 Å². The number of rotatable bonds is 3. The van der Waals surface area contributed by atoms with Crippen LogP contribution < -0.4 is 15.5 Å².